The van der Waals surface area contributed by atoms with Crippen molar-refractivity contribution in [3.63, 3.8) is 0 Å². The molecule has 15 heavy (non-hydrogen) atoms. The Hall–Kier alpha value is -1.89. The second kappa shape index (κ2) is 5.11. The number of nitriles is 1. The van der Waals surface area contributed by atoms with Crippen LogP contribution in [0.2, 0.25) is 0 Å². The summed E-state index contributed by atoms with van der Waals surface area (Å²) in [6.45, 7) is 0. The van der Waals surface area contributed by atoms with Gasteiger partial charge in [-0.3, -0.25) is 4.79 Å². The molecule has 0 N–H and O–H groups in total. The number of carbonyl (C=O) groups excluding carboxylic acids is 1. The Bertz CT molecular complexity index is 410. The summed E-state index contributed by atoms with van der Waals surface area (Å²) in [5.74, 6) is -0.441. The van der Waals surface area contributed by atoms with Crippen molar-refractivity contribution >= 4 is 5.78 Å². The number of benzene rings is 1. The molecule has 0 bridgehead atoms. The highest BCUT2D eigenvalue weighted by Crippen LogP contribution is 2.21. The van der Waals surface area contributed by atoms with Gasteiger partial charge in [0.15, 0.2) is 5.78 Å². The van der Waals surface area contributed by atoms with Crippen molar-refractivity contribution in [2.75, 3.05) is 7.11 Å². The van der Waals surface area contributed by atoms with Gasteiger partial charge in [-0.15, -0.1) is 0 Å². The molecule has 0 aliphatic rings. The summed E-state index contributed by atoms with van der Waals surface area (Å²) in [7, 11) is 1.41. The highest BCUT2D eigenvalue weighted by atomic mass is 19.1. The number of nitrogens with zero attached hydrogens (tertiary/aromatic N) is 1. The van der Waals surface area contributed by atoms with Crippen LogP contribution < -0.4 is 4.74 Å². The van der Waals surface area contributed by atoms with E-state index in [1.54, 1.807) is 0 Å². The van der Waals surface area contributed by atoms with E-state index in [1.165, 1.54) is 19.2 Å². The Morgan fingerprint density at radius 1 is 1.60 bits per heavy atom. The van der Waals surface area contributed by atoms with E-state index in [9.17, 15) is 9.18 Å². The summed E-state index contributed by atoms with van der Waals surface area (Å²) in [5, 5.41) is 8.34. The van der Waals surface area contributed by atoms with Crippen LogP contribution in [0.4, 0.5) is 4.39 Å². The summed E-state index contributed by atoms with van der Waals surface area (Å²) in [6, 6.07) is 5.61. The molecule has 4 heteroatoms. The third-order valence-electron chi connectivity index (χ3n) is 1.93. The first-order valence-corrected chi connectivity index (χ1v) is 4.42. The fraction of sp³-hybridized carbons (Fsp3) is 0.273. The van der Waals surface area contributed by atoms with Crippen LogP contribution >= 0.6 is 0 Å². The number of rotatable bonds is 4. The van der Waals surface area contributed by atoms with Gasteiger partial charge >= 0.3 is 0 Å². The molecule has 78 valence electrons. The lowest BCUT2D eigenvalue weighted by atomic mass is 10.1. The second-order valence-corrected chi connectivity index (χ2v) is 2.93. The Labute approximate surface area is 87.1 Å². The van der Waals surface area contributed by atoms with Crippen LogP contribution in [0.3, 0.4) is 0 Å². The maximum Gasteiger partial charge on any atom is 0.167 e. The molecular formula is C11H10FNO2. The Morgan fingerprint density at radius 2 is 2.33 bits per heavy atom. The minimum absolute atomic E-state index is 0.0797. The lowest BCUT2D eigenvalue weighted by Gasteiger charge is -2.06. The molecule has 0 atom stereocenters. The summed E-state index contributed by atoms with van der Waals surface area (Å²) in [5.41, 5.74) is 0.188. The molecule has 0 fully saturated rings. The lowest BCUT2D eigenvalue weighted by Crippen LogP contribution is -2.02. The van der Waals surface area contributed by atoms with Crippen LogP contribution in [-0.4, -0.2) is 12.9 Å². The van der Waals surface area contributed by atoms with Crippen molar-refractivity contribution in [1.82, 2.24) is 0 Å². The zero-order chi connectivity index (χ0) is 11.3. The molecule has 1 rings (SSSR count). The normalized spacial score (nSPS) is 9.40. The minimum Gasteiger partial charge on any atom is -0.496 e. The summed E-state index contributed by atoms with van der Waals surface area (Å²) < 4.78 is 17.8. The topological polar surface area (TPSA) is 50.1 Å². The number of hydrogen-bond acceptors (Lipinski definition) is 3. The van der Waals surface area contributed by atoms with Gasteiger partial charge in [0.25, 0.3) is 0 Å². The van der Waals surface area contributed by atoms with Gasteiger partial charge in [0.2, 0.25) is 0 Å². The van der Waals surface area contributed by atoms with Crippen molar-refractivity contribution in [3.8, 4) is 11.8 Å². The Balaban J connectivity index is 2.96. The first-order valence-electron chi connectivity index (χ1n) is 4.42. The van der Waals surface area contributed by atoms with Gasteiger partial charge in [-0.1, -0.05) is 0 Å². The number of hydrogen-bond donors (Lipinski definition) is 0. The van der Waals surface area contributed by atoms with Crippen molar-refractivity contribution in [2.24, 2.45) is 0 Å². The highest BCUT2D eigenvalue weighted by molar-refractivity contribution is 5.98. The SMILES string of the molecule is COc1ccc(F)cc1C(=O)CCC#N. The Kier molecular flexibility index (Phi) is 3.81. The summed E-state index contributed by atoms with van der Waals surface area (Å²) in [4.78, 5) is 11.5. The van der Waals surface area contributed by atoms with Gasteiger partial charge in [0.1, 0.15) is 11.6 Å². The largest absolute Gasteiger partial charge is 0.496 e. The van der Waals surface area contributed by atoms with Crippen LogP contribution in [0.1, 0.15) is 23.2 Å². The number of carbonyl (C=O) groups is 1. The van der Waals surface area contributed by atoms with Crippen molar-refractivity contribution in [2.45, 2.75) is 12.8 Å². The maximum atomic E-state index is 12.9. The highest BCUT2D eigenvalue weighted by Gasteiger charge is 2.12. The lowest BCUT2D eigenvalue weighted by molar-refractivity contribution is 0.0980. The first-order chi connectivity index (χ1) is 7.19. The molecule has 0 spiro atoms. The van der Waals surface area contributed by atoms with Gasteiger partial charge in [-0.25, -0.2) is 4.39 Å². The van der Waals surface area contributed by atoms with Crippen LogP contribution in [0.25, 0.3) is 0 Å². The fourth-order valence-electron chi connectivity index (χ4n) is 1.20. The first kappa shape index (κ1) is 11.2. The van der Waals surface area contributed by atoms with E-state index in [2.05, 4.69) is 0 Å². The molecule has 0 saturated heterocycles. The number of Topliss-reactive ketones (excluding diaryl/α,β-unsaturated/α-hetero) is 1. The van der Waals surface area contributed by atoms with E-state index in [4.69, 9.17) is 10.00 Å². The van der Waals surface area contributed by atoms with Crippen LogP contribution in [0, 0.1) is 17.1 Å². The van der Waals surface area contributed by atoms with Gasteiger partial charge in [-0.2, -0.15) is 5.26 Å². The van der Waals surface area contributed by atoms with E-state index < -0.39 is 5.82 Å². The summed E-state index contributed by atoms with van der Waals surface area (Å²) in [6.07, 6.45) is 0.203. The number of methoxy groups -OCH3 is 1. The van der Waals surface area contributed by atoms with E-state index in [0.29, 0.717) is 5.75 Å². The molecule has 1 aromatic carbocycles. The number of halogens is 1. The van der Waals surface area contributed by atoms with Gasteiger partial charge < -0.3 is 4.74 Å². The van der Waals surface area contributed by atoms with E-state index in [0.717, 1.165) is 6.07 Å². The zero-order valence-electron chi connectivity index (χ0n) is 8.29. The molecular weight excluding hydrogens is 197 g/mol. The van der Waals surface area contributed by atoms with E-state index in [1.807, 2.05) is 6.07 Å². The molecule has 0 saturated carbocycles. The van der Waals surface area contributed by atoms with Crippen LogP contribution in [-0.2, 0) is 0 Å². The minimum atomic E-state index is -0.490. The number of ketones is 1. The van der Waals surface area contributed by atoms with Gasteiger partial charge in [-0.05, 0) is 18.2 Å². The maximum absolute atomic E-state index is 12.9. The van der Waals surface area contributed by atoms with Gasteiger partial charge in [0, 0.05) is 12.8 Å². The molecule has 0 unspecified atom stereocenters. The molecule has 0 radical (unpaired) electrons. The van der Waals surface area contributed by atoms with E-state index >= 15 is 0 Å². The fourth-order valence-corrected chi connectivity index (χ4v) is 1.20. The smallest absolute Gasteiger partial charge is 0.167 e. The quantitative estimate of drug-likeness (QED) is 0.712. The third-order valence-corrected chi connectivity index (χ3v) is 1.93. The molecule has 0 aliphatic carbocycles. The average Bonchev–Trinajstić information content (AvgIpc) is 2.25. The Morgan fingerprint density at radius 3 is 2.93 bits per heavy atom. The monoisotopic (exact) mass is 207 g/mol. The summed E-state index contributed by atoms with van der Waals surface area (Å²) >= 11 is 0. The molecule has 0 aromatic heterocycles. The standard InChI is InChI=1S/C11H10FNO2/c1-15-11-5-4-8(12)7-9(11)10(14)3-2-6-13/h4-5,7H,2-3H2,1H3. The van der Waals surface area contributed by atoms with Crippen molar-refractivity contribution in [1.29, 1.82) is 5.26 Å². The third kappa shape index (κ3) is 2.78. The van der Waals surface area contributed by atoms with Crippen molar-refractivity contribution < 1.29 is 13.9 Å². The van der Waals surface area contributed by atoms with Crippen molar-refractivity contribution in [3.05, 3.63) is 29.6 Å². The predicted octanol–water partition coefficient (Wildman–Crippen LogP) is 2.32. The zero-order valence-corrected chi connectivity index (χ0v) is 8.29. The molecule has 1 aromatic rings. The molecule has 3 nitrogen and oxygen atoms in total. The van der Waals surface area contributed by atoms with Gasteiger partial charge in [0.05, 0.1) is 18.7 Å². The molecule has 0 amide bonds. The predicted molar refractivity (Wildman–Crippen MR) is 52.1 cm³/mol. The number of ether oxygens (including phenoxy) is 1. The molecule has 0 aliphatic heterocycles. The van der Waals surface area contributed by atoms with Crippen LogP contribution in [0.15, 0.2) is 18.2 Å². The molecule has 0 heterocycles. The second-order valence-electron chi connectivity index (χ2n) is 2.93. The average molecular weight is 207 g/mol. The van der Waals surface area contributed by atoms with E-state index in [-0.39, 0.29) is 24.2 Å². The van der Waals surface area contributed by atoms with Crippen LogP contribution in [0.5, 0.6) is 5.75 Å².